The molecule has 1 aromatic carbocycles. The lowest BCUT2D eigenvalue weighted by Crippen LogP contribution is -2.11. The van der Waals surface area contributed by atoms with E-state index in [1.54, 1.807) is 6.21 Å². The minimum atomic E-state index is -0.138. The summed E-state index contributed by atoms with van der Waals surface area (Å²) in [6.45, 7) is 4.13. The van der Waals surface area contributed by atoms with E-state index in [0.29, 0.717) is 17.3 Å². The van der Waals surface area contributed by atoms with Gasteiger partial charge in [-0.15, -0.1) is 11.3 Å². The number of fused-ring (bicyclic) bond motifs is 1. The van der Waals surface area contributed by atoms with Crippen LogP contribution in [0.2, 0.25) is 0 Å². The van der Waals surface area contributed by atoms with E-state index in [0.717, 1.165) is 20.4 Å². The van der Waals surface area contributed by atoms with E-state index in [9.17, 15) is 4.79 Å². The van der Waals surface area contributed by atoms with E-state index in [-0.39, 0.29) is 5.56 Å². The molecule has 3 aromatic rings. The number of rotatable bonds is 4. The van der Waals surface area contributed by atoms with Gasteiger partial charge in [0.2, 0.25) is 5.95 Å². The maximum Gasteiger partial charge on any atom is 0.261 e. The highest BCUT2D eigenvalue weighted by Gasteiger charge is 2.13. The molecule has 2 N–H and O–H groups in total. The number of thiophene rings is 1. The van der Waals surface area contributed by atoms with Crippen molar-refractivity contribution in [1.29, 1.82) is 0 Å². The second-order valence-corrected chi connectivity index (χ2v) is 7.14. The normalized spacial score (nSPS) is 11.7. The zero-order chi connectivity index (χ0) is 16.4. The van der Waals surface area contributed by atoms with Crippen LogP contribution in [-0.2, 0) is 0 Å². The molecule has 0 aliphatic carbocycles. The van der Waals surface area contributed by atoms with Crippen LogP contribution in [0.25, 0.3) is 10.2 Å². The molecular formula is C16H15BrN4OS. The van der Waals surface area contributed by atoms with Gasteiger partial charge in [0.1, 0.15) is 4.83 Å². The number of nitrogens with zero attached hydrogens (tertiary/aromatic N) is 2. The number of hydrogen-bond acceptors (Lipinski definition) is 5. The lowest BCUT2D eigenvalue weighted by molar-refractivity contribution is 0.878. The third-order valence-corrected chi connectivity index (χ3v) is 4.77. The SMILES string of the molecule is CC(C)c1csc2nc(NN=Cc3ccc(Br)cc3)[nH]c(=O)c12. The van der Waals surface area contributed by atoms with Crippen LogP contribution in [-0.4, -0.2) is 16.2 Å². The molecule has 23 heavy (non-hydrogen) atoms. The van der Waals surface area contributed by atoms with Gasteiger partial charge in [-0.3, -0.25) is 9.78 Å². The highest BCUT2D eigenvalue weighted by molar-refractivity contribution is 9.10. The lowest BCUT2D eigenvalue weighted by Gasteiger charge is -2.03. The van der Waals surface area contributed by atoms with Crippen molar-refractivity contribution in [2.75, 3.05) is 5.43 Å². The van der Waals surface area contributed by atoms with Crippen molar-refractivity contribution in [3.63, 3.8) is 0 Å². The van der Waals surface area contributed by atoms with Gasteiger partial charge in [0.05, 0.1) is 11.6 Å². The molecule has 0 spiro atoms. The van der Waals surface area contributed by atoms with E-state index >= 15 is 0 Å². The van der Waals surface area contributed by atoms with Gasteiger partial charge < -0.3 is 0 Å². The van der Waals surface area contributed by atoms with Gasteiger partial charge in [-0.05, 0) is 34.6 Å². The van der Waals surface area contributed by atoms with Gasteiger partial charge in [-0.1, -0.05) is 41.9 Å². The molecule has 0 saturated heterocycles. The standard InChI is InChI=1S/C16H15BrN4OS/c1-9(2)12-8-23-15-13(12)14(22)19-16(20-15)21-18-7-10-3-5-11(17)6-4-10/h3-9H,1-2H3,(H2,19,20,21,22). The second kappa shape index (κ2) is 6.64. The molecule has 2 heterocycles. The zero-order valence-electron chi connectivity index (χ0n) is 12.6. The van der Waals surface area contributed by atoms with Crippen LogP contribution >= 0.6 is 27.3 Å². The quantitative estimate of drug-likeness (QED) is 0.514. The summed E-state index contributed by atoms with van der Waals surface area (Å²) in [6.07, 6.45) is 1.67. The second-order valence-electron chi connectivity index (χ2n) is 5.36. The molecule has 0 atom stereocenters. The first kappa shape index (κ1) is 15.9. The Morgan fingerprint density at radius 1 is 1.35 bits per heavy atom. The Morgan fingerprint density at radius 3 is 2.78 bits per heavy atom. The number of aromatic amines is 1. The fourth-order valence-corrected chi connectivity index (χ4v) is 3.53. The van der Waals surface area contributed by atoms with Crippen molar-refractivity contribution < 1.29 is 0 Å². The number of benzene rings is 1. The van der Waals surface area contributed by atoms with Crippen LogP contribution in [0.15, 0.2) is 44.0 Å². The Labute approximate surface area is 145 Å². The van der Waals surface area contributed by atoms with Crippen LogP contribution in [0.4, 0.5) is 5.95 Å². The largest absolute Gasteiger partial charge is 0.291 e. The molecule has 5 nitrogen and oxygen atoms in total. The molecule has 0 amide bonds. The Hall–Kier alpha value is -1.99. The monoisotopic (exact) mass is 390 g/mol. The molecule has 0 aliphatic heterocycles. The Kier molecular flexibility index (Phi) is 4.58. The van der Waals surface area contributed by atoms with E-state index in [1.165, 1.54) is 11.3 Å². The van der Waals surface area contributed by atoms with Gasteiger partial charge in [0.15, 0.2) is 0 Å². The molecule has 0 radical (unpaired) electrons. The minimum absolute atomic E-state index is 0.138. The molecule has 2 aromatic heterocycles. The van der Waals surface area contributed by atoms with Crippen molar-refractivity contribution >= 4 is 49.6 Å². The van der Waals surface area contributed by atoms with Crippen molar-refractivity contribution in [1.82, 2.24) is 9.97 Å². The number of aromatic nitrogens is 2. The van der Waals surface area contributed by atoms with E-state index in [2.05, 4.69) is 50.3 Å². The number of hydrazone groups is 1. The van der Waals surface area contributed by atoms with Gasteiger partial charge in [0.25, 0.3) is 5.56 Å². The Bertz CT molecular complexity index is 912. The van der Waals surface area contributed by atoms with E-state index in [1.807, 2.05) is 29.6 Å². The molecule has 118 valence electrons. The number of H-pyrrole nitrogens is 1. The van der Waals surface area contributed by atoms with Crippen LogP contribution in [0.5, 0.6) is 0 Å². The molecule has 0 bridgehead atoms. The van der Waals surface area contributed by atoms with Crippen LogP contribution in [0.3, 0.4) is 0 Å². The van der Waals surface area contributed by atoms with Gasteiger partial charge in [0, 0.05) is 4.47 Å². The number of halogens is 1. The average Bonchev–Trinajstić information content (AvgIpc) is 2.94. The molecule has 0 unspecified atom stereocenters. The molecule has 0 fully saturated rings. The average molecular weight is 391 g/mol. The molecule has 3 rings (SSSR count). The molecule has 7 heteroatoms. The summed E-state index contributed by atoms with van der Waals surface area (Å²) < 4.78 is 1.01. The fourth-order valence-electron chi connectivity index (χ4n) is 2.17. The number of hydrogen-bond donors (Lipinski definition) is 2. The predicted molar refractivity (Wildman–Crippen MR) is 99.7 cm³/mol. The van der Waals surface area contributed by atoms with Crippen LogP contribution in [0.1, 0.15) is 30.9 Å². The van der Waals surface area contributed by atoms with Crippen molar-refractivity contribution in [2.24, 2.45) is 5.10 Å². The Morgan fingerprint density at radius 2 is 2.09 bits per heavy atom. The number of nitrogens with one attached hydrogen (secondary N) is 2. The zero-order valence-corrected chi connectivity index (χ0v) is 15.0. The summed E-state index contributed by atoms with van der Waals surface area (Å²) >= 11 is 4.86. The van der Waals surface area contributed by atoms with Gasteiger partial charge >= 0.3 is 0 Å². The lowest BCUT2D eigenvalue weighted by atomic mass is 10.0. The van der Waals surface area contributed by atoms with Crippen molar-refractivity contribution in [3.8, 4) is 0 Å². The number of anilines is 1. The van der Waals surface area contributed by atoms with Gasteiger partial charge in [-0.25, -0.2) is 10.4 Å². The summed E-state index contributed by atoms with van der Waals surface area (Å²) in [5.41, 5.74) is 4.62. The summed E-state index contributed by atoms with van der Waals surface area (Å²) in [6, 6.07) is 7.74. The summed E-state index contributed by atoms with van der Waals surface area (Å²) in [5.74, 6) is 0.633. The first-order chi connectivity index (χ1) is 11.0. The molecular weight excluding hydrogens is 376 g/mol. The highest BCUT2D eigenvalue weighted by Crippen LogP contribution is 2.27. The maximum absolute atomic E-state index is 12.3. The summed E-state index contributed by atoms with van der Waals surface area (Å²) in [5, 5.41) is 6.78. The Balaban J connectivity index is 1.84. The first-order valence-corrected chi connectivity index (χ1v) is 8.78. The third kappa shape index (κ3) is 3.51. The third-order valence-electron chi connectivity index (χ3n) is 3.35. The predicted octanol–water partition coefficient (Wildman–Crippen LogP) is 4.32. The molecule has 0 saturated carbocycles. The van der Waals surface area contributed by atoms with Crippen LogP contribution < -0.4 is 11.0 Å². The van der Waals surface area contributed by atoms with Gasteiger partial charge in [-0.2, -0.15) is 5.10 Å². The van der Waals surface area contributed by atoms with E-state index in [4.69, 9.17) is 0 Å². The van der Waals surface area contributed by atoms with Crippen LogP contribution in [0, 0.1) is 0 Å². The highest BCUT2D eigenvalue weighted by atomic mass is 79.9. The van der Waals surface area contributed by atoms with E-state index < -0.39 is 0 Å². The minimum Gasteiger partial charge on any atom is -0.291 e. The summed E-state index contributed by atoms with van der Waals surface area (Å²) in [4.78, 5) is 20.1. The smallest absolute Gasteiger partial charge is 0.261 e. The fraction of sp³-hybridized carbons (Fsp3) is 0.188. The first-order valence-electron chi connectivity index (χ1n) is 7.10. The summed E-state index contributed by atoms with van der Waals surface area (Å²) in [7, 11) is 0. The molecule has 0 aliphatic rings. The maximum atomic E-state index is 12.3. The topological polar surface area (TPSA) is 70.1 Å². The van der Waals surface area contributed by atoms with Crippen molar-refractivity contribution in [2.45, 2.75) is 19.8 Å². The van der Waals surface area contributed by atoms with Crippen molar-refractivity contribution in [3.05, 3.63) is 55.6 Å².